The molecule has 0 aliphatic carbocycles. The summed E-state index contributed by atoms with van der Waals surface area (Å²) in [6.07, 6.45) is 6.33. The molecule has 3 heterocycles. The first-order chi connectivity index (χ1) is 15.5. The van der Waals surface area contributed by atoms with Crippen molar-refractivity contribution in [2.24, 2.45) is 5.73 Å². The van der Waals surface area contributed by atoms with E-state index >= 15 is 0 Å². The maximum Gasteiger partial charge on any atom is 0.252 e. The van der Waals surface area contributed by atoms with E-state index in [9.17, 15) is 9.59 Å². The molecule has 8 heteroatoms. The van der Waals surface area contributed by atoms with Gasteiger partial charge in [-0.1, -0.05) is 24.6 Å². The van der Waals surface area contributed by atoms with Crippen LogP contribution in [-0.2, 0) is 11.3 Å². The van der Waals surface area contributed by atoms with Crippen LogP contribution < -0.4 is 10.5 Å². The highest BCUT2D eigenvalue weighted by Crippen LogP contribution is 2.32. The summed E-state index contributed by atoms with van der Waals surface area (Å²) in [5.41, 5.74) is 7.51. The van der Waals surface area contributed by atoms with Crippen molar-refractivity contribution in [1.29, 1.82) is 0 Å². The van der Waals surface area contributed by atoms with Crippen molar-refractivity contribution in [3.8, 4) is 5.75 Å². The Balaban J connectivity index is 1.45. The first-order valence-electron chi connectivity index (χ1n) is 11.4. The zero-order valence-electron chi connectivity index (χ0n) is 18.6. The molecule has 0 unspecified atom stereocenters. The number of carbonyl (C=O) groups is 2. The van der Waals surface area contributed by atoms with Gasteiger partial charge < -0.3 is 15.4 Å². The Morgan fingerprint density at radius 1 is 1.22 bits per heavy atom. The smallest absolute Gasteiger partial charge is 0.252 e. The van der Waals surface area contributed by atoms with Gasteiger partial charge in [-0.2, -0.15) is 0 Å². The number of primary amides is 1. The molecule has 1 atom stereocenters. The highest BCUT2D eigenvalue weighted by Gasteiger charge is 2.28. The van der Waals surface area contributed by atoms with E-state index in [1.807, 2.05) is 23.1 Å². The summed E-state index contributed by atoms with van der Waals surface area (Å²) in [4.78, 5) is 36.7. The van der Waals surface area contributed by atoms with Gasteiger partial charge in [0, 0.05) is 31.3 Å². The van der Waals surface area contributed by atoms with Crippen LogP contribution in [0.25, 0.3) is 0 Å². The number of rotatable bonds is 8. The van der Waals surface area contributed by atoms with Gasteiger partial charge in [0.2, 0.25) is 5.91 Å². The minimum Gasteiger partial charge on any atom is -0.491 e. The summed E-state index contributed by atoms with van der Waals surface area (Å²) in [6.45, 7) is 5.41. The Morgan fingerprint density at radius 3 is 2.81 bits per heavy atom. The number of nitrogens with two attached hydrogens (primary N) is 1. The van der Waals surface area contributed by atoms with Gasteiger partial charge in [-0.15, -0.1) is 0 Å². The summed E-state index contributed by atoms with van der Waals surface area (Å²) >= 11 is 0. The van der Waals surface area contributed by atoms with Crippen LogP contribution in [0.2, 0.25) is 0 Å². The molecule has 0 bridgehead atoms. The lowest BCUT2D eigenvalue weighted by Crippen LogP contribution is -2.34. The molecule has 2 fully saturated rings. The number of aromatic nitrogens is 2. The lowest BCUT2D eigenvalue weighted by molar-refractivity contribution is -0.128. The molecule has 0 radical (unpaired) electrons. The Labute approximate surface area is 188 Å². The molecule has 2 N–H and O–H groups in total. The summed E-state index contributed by atoms with van der Waals surface area (Å²) in [6, 6.07) is 8.16. The number of para-hydroxylation sites is 1. The molecule has 2 amide bonds. The zero-order valence-corrected chi connectivity index (χ0v) is 18.6. The van der Waals surface area contributed by atoms with E-state index in [0.717, 1.165) is 62.5 Å². The van der Waals surface area contributed by atoms with Crippen LogP contribution in [0, 0.1) is 6.92 Å². The normalized spacial score (nSPS) is 19.3. The quantitative estimate of drug-likeness (QED) is 0.681. The predicted molar refractivity (Wildman–Crippen MR) is 120 cm³/mol. The van der Waals surface area contributed by atoms with Gasteiger partial charge in [0.1, 0.15) is 18.2 Å². The largest absolute Gasteiger partial charge is 0.491 e. The zero-order chi connectivity index (χ0) is 22.5. The molecule has 2 saturated heterocycles. The van der Waals surface area contributed by atoms with E-state index < -0.39 is 5.91 Å². The van der Waals surface area contributed by atoms with Crippen molar-refractivity contribution in [3.63, 3.8) is 0 Å². The standard InChI is InChI=1S/C24H31N5O3/c1-17-19(23(25)31)15-26-24(27-17)20-8-4-5-11-29(20)16-18-7-2-3-9-21(18)32-14-13-28-12-6-10-22(28)30/h2-3,7,9,15,20H,4-6,8,10-14,16H2,1H3,(H2,25,31)/t20-/m0/s1. The Morgan fingerprint density at radius 2 is 2.06 bits per heavy atom. The number of piperidine rings is 1. The maximum absolute atomic E-state index is 11.8. The number of amides is 2. The average molecular weight is 438 g/mol. The molecular formula is C24H31N5O3. The molecule has 2 aliphatic rings. The summed E-state index contributed by atoms with van der Waals surface area (Å²) in [5, 5.41) is 0. The molecule has 1 aromatic carbocycles. The number of hydrogen-bond acceptors (Lipinski definition) is 6. The van der Waals surface area contributed by atoms with Crippen LogP contribution in [0.4, 0.5) is 0 Å². The minimum atomic E-state index is -0.503. The minimum absolute atomic E-state index is 0.0830. The van der Waals surface area contributed by atoms with E-state index in [1.165, 1.54) is 0 Å². The number of benzene rings is 1. The second-order valence-corrected chi connectivity index (χ2v) is 8.51. The molecule has 32 heavy (non-hydrogen) atoms. The summed E-state index contributed by atoms with van der Waals surface area (Å²) in [5.74, 6) is 1.30. The van der Waals surface area contributed by atoms with Gasteiger partial charge >= 0.3 is 0 Å². The molecular weight excluding hydrogens is 406 g/mol. The Hall–Kier alpha value is -3.00. The molecule has 0 spiro atoms. The first kappa shape index (κ1) is 22.2. The third-order valence-electron chi connectivity index (χ3n) is 6.31. The Kier molecular flexibility index (Phi) is 6.99. The lowest BCUT2D eigenvalue weighted by Gasteiger charge is -2.35. The van der Waals surface area contributed by atoms with E-state index in [2.05, 4.69) is 20.9 Å². The van der Waals surface area contributed by atoms with Crippen molar-refractivity contribution in [3.05, 3.63) is 53.1 Å². The fourth-order valence-electron chi connectivity index (χ4n) is 4.56. The fraction of sp³-hybridized carbons (Fsp3) is 0.500. The SMILES string of the molecule is Cc1nc([C@@H]2CCCCN2Cc2ccccc2OCCN2CCCC2=O)ncc1C(N)=O. The third kappa shape index (κ3) is 5.07. The van der Waals surface area contributed by atoms with Crippen molar-refractivity contribution < 1.29 is 14.3 Å². The second-order valence-electron chi connectivity index (χ2n) is 8.51. The number of carbonyl (C=O) groups excluding carboxylic acids is 2. The average Bonchev–Trinajstić information content (AvgIpc) is 3.19. The van der Waals surface area contributed by atoms with Gasteiger partial charge in [0.25, 0.3) is 5.91 Å². The number of likely N-dealkylation sites (tertiary alicyclic amines) is 2. The van der Waals surface area contributed by atoms with Crippen molar-refractivity contribution in [2.45, 2.75) is 51.6 Å². The Bertz CT molecular complexity index is 980. The van der Waals surface area contributed by atoms with Gasteiger partial charge in [0.15, 0.2) is 0 Å². The van der Waals surface area contributed by atoms with E-state index in [1.54, 1.807) is 13.1 Å². The molecule has 2 aromatic rings. The van der Waals surface area contributed by atoms with Crippen molar-refractivity contribution in [1.82, 2.24) is 19.8 Å². The van der Waals surface area contributed by atoms with Gasteiger partial charge in [-0.25, -0.2) is 9.97 Å². The van der Waals surface area contributed by atoms with Crippen LogP contribution in [0.1, 0.15) is 65.6 Å². The fourth-order valence-corrected chi connectivity index (χ4v) is 4.56. The number of hydrogen-bond donors (Lipinski definition) is 1. The topological polar surface area (TPSA) is 102 Å². The molecule has 8 nitrogen and oxygen atoms in total. The van der Waals surface area contributed by atoms with Crippen LogP contribution >= 0.6 is 0 Å². The lowest BCUT2D eigenvalue weighted by atomic mass is 10.00. The number of aryl methyl sites for hydroxylation is 1. The van der Waals surface area contributed by atoms with Crippen molar-refractivity contribution in [2.75, 3.05) is 26.2 Å². The van der Waals surface area contributed by atoms with Crippen LogP contribution in [0.5, 0.6) is 5.75 Å². The van der Waals surface area contributed by atoms with Crippen LogP contribution in [0.3, 0.4) is 0 Å². The second kappa shape index (κ2) is 10.1. The van der Waals surface area contributed by atoms with E-state index in [-0.39, 0.29) is 11.9 Å². The monoisotopic (exact) mass is 437 g/mol. The number of nitrogens with zero attached hydrogens (tertiary/aromatic N) is 4. The predicted octanol–water partition coefficient (Wildman–Crippen LogP) is 2.61. The molecule has 1 aromatic heterocycles. The van der Waals surface area contributed by atoms with E-state index in [0.29, 0.717) is 30.8 Å². The van der Waals surface area contributed by atoms with Gasteiger partial charge in [-0.3, -0.25) is 14.5 Å². The summed E-state index contributed by atoms with van der Waals surface area (Å²) in [7, 11) is 0. The van der Waals surface area contributed by atoms with Crippen LogP contribution in [0.15, 0.2) is 30.5 Å². The highest BCUT2D eigenvalue weighted by atomic mass is 16.5. The third-order valence-corrected chi connectivity index (χ3v) is 6.31. The highest BCUT2D eigenvalue weighted by molar-refractivity contribution is 5.93. The van der Waals surface area contributed by atoms with Gasteiger partial charge in [-0.05, 0) is 38.8 Å². The molecule has 170 valence electrons. The molecule has 2 aliphatic heterocycles. The number of ether oxygens (including phenoxy) is 1. The molecule has 4 rings (SSSR count). The van der Waals surface area contributed by atoms with Crippen molar-refractivity contribution >= 4 is 11.8 Å². The van der Waals surface area contributed by atoms with Gasteiger partial charge in [0.05, 0.1) is 23.8 Å². The van der Waals surface area contributed by atoms with E-state index in [4.69, 9.17) is 10.5 Å². The van der Waals surface area contributed by atoms with Crippen LogP contribution in [-0.4, -0.2) is 57.8 Å². The maximum atomic E-state index is 11.8. The molecule has 0 saturated carbocycles. The first-order valence-corrected chi connectivity index (χ1v) is 11.4. The summed E-state index contributed by atoms with van der Waals surface area (Å²) < 4.78 is 6.09.